The summed E-state index contributed by atoms with van der Waals surface area (Å²) >= 11 is 0. The molecule has 23 heavy (non-hydrogen) atoms. The van der Waals surface area contributed by atoms with Crippen LogP contribution in [0, 0.1) is 6.92 Å². The maximum absolute atomic E-state index is 4.81. The highest BCUT2D eigenvalue weighted by atomic mass is 15.3. The van der Waals surface area contributed by atoms with Crippen LogP contribution in [0.3, 0.4) is 0 Å². The minimum absolute atomic E-state index is 0.605. The molecule has 1 aromatic heterocycles. The number of hydrogen-bond donors (Lipinski definition) is 1. The lowest BCUT2D eigenvalue weighted by atomic mass is 10.0. The Morgan fingerprint density at radius 2 is 1.83 bits per heavy atom. The van der Waals surface area contributed by atoms with E-state index in [1.165, 1.54) is 75.4 Å². The van der Waals surface area contributed by atoms with E-state index in [4.69, 9.17) is 4.98 Å². The van der Waals surface area contributed by atoms with Gasteiger partial charge in [0.05, 0.1) is 0 Å². The van der Waals surface area contributed by atoms with Crippen LogP contribution in [0.2, 0.25) is 0 Å². The summed E-state index contributed by atoms with van der Waals surface area (Å²) in [7, 11) is 0. The van der Waals surface area contributed by atoms with Gasteiger partial charge in [-0.3, -0.25) is 9.88 Å². The van der Waals surface area contributed by atoms with Gasteiger partial charge in [-0.2, -0.15) is 0 Å². The highest BCUT2D eigenvalue weighted by Gasteiger charge is 2.27. The molecule has 4 rings (SSSR count). The van der Waals surface area contributed by atoms with E-state index < -0.39 is 0 Å². The molecule has 0 amide bonds. The number of anilines is 1. The minimum atomic E-state index is 0.605. The number of pyridine rings is 1. The monoisotopic (exact) mass is 314 g/mol. The first-order valence-electron chi connectivity index (χ1n) is 9.48. The van der Waals surface area contributed by atoms with E-state index in [0.717, 1.165) is 19.1 Å². The van der Waals surface area contributed by atoms with E-state index in [-0.39, 0.29) is 0 Å². The standard InChI is InChI=1S/C19H30N4/c1-15-12-18(13-19(21-15)16-6-7-20-14-16)23-10-8-22(9-11-23)17-4-2-3-5-17/h12-13,16-17,20H,2-11,14H2,1H3/t16-/m0/s1. The third-order valence-electron chi connectivity index (χ3n) is 5.96. The first kappa shape index (κ1) is 15.4. The summed E-state index contributed by atoms with van der Waals surface area (Å²) in [6.07, 6.45) is 6.95. The molecule has 4 nitrogen and oxygen atoms in total. The molecule has 1 saturated carbocycles. The SMILES string of the molecule is Cc1cc(N2CCN(C3CCCC3)CC2)cc([C@H]2CCNC2)n1. The zero-order valence-electron chi connectivity index (χ0n) is 14.4. The molecule has 0 spiro atoms. The van der Waals surface area contributed by atoms with Gasteiger partial charge in [0.2, 0.25) is 0 Å². The highest BCUT2D eigenvalue weighted by Crippen LogP contribution is 2.28. The maximum atomic E-state index is 4.81. The van der Waals surface area contributed by atoms with Crippen molar-refractivity contribution in [3.63, 3.8) is 0 Å². The molecule has 1 N–H and O–H groups in total. The van der Waals surface area contributed by atoms with Crippen molar-refractivity contribution in [2.24, 2.45) is 0 Å². The van der Waals surface area contributed by atoms with E-state index >= 15 is 0 Å². The number of nitrogens with zero attached hydrogens (tertiary/aromatic N) is 3. The average molecular weight is 314 g/mol. The summed E-state index contributed by atoms with van der Waals surface area (Å²) in [5.41, 5.74) is 3.86. The van der Waals surface area contributed by atoms with Gasteiger partial charge in [0.1, 0.15) is 0 Å². The first-order valence-corrected chi connectivity index (χ1v) is 9.48. The van der Waals surface area contributed by atoms with Crippen molar-refractivity contribution >= 4 is 5.69 Å². The lowest BCUT2D eigenvalue weighted by Crippen LogP contribution is -2.49. The zero-order chi connectivity index (χ0) is 15.6. The first-order chi connectivity index (χ1) is 11.3. The van der Waals surface area contributed by atoms with E-state index in [9.17, 15) is 0 Å². The Hall–Kier alpha value is -1.13. The van der Waals surface area contributed by atoms with Crippen molar-refractivity contribution in [2.75, 3.05) is 44.2 Å². The predicted molar refractivity (Wildman–Crippen MR) is 95.2 cm³/mol. The van der Waals surface area contributed by atoms with E-state index in [0.29, 0.717) is 5.92 Å². The second kappa shape index (κ2) is 6.78. The van der Waals surface area contributed by atoms with Crippen LogP contribution >= 0.6 is 0 Å². The van der Waals surface area contributed by atoms with Crippen molar-refractivity contribution in [2.45, 2.75) is 51.0 Å². The maximum Gasteiger partial charge on any atom is 0.0471 e. The summed E-state index contributed by atoms with van der Waals surface area (Å²) < 4.78 is 0. The van der Waals surface area contributed by atoms with E-state index in [2.05, 4.69) is 34.2 Å². The van der Waals surface area contributed by atoms with E-state index in [1.54, 1.807) is 0 Å². The fourth-order valence-corrected chi connectivity index (χ4v) is 4.59. The van der Waals surface area contributed by atoms with Crippen molar-refractivity contribution in [1.82, 2.24) is 15.2 Å². The van der Waals surface area contributed by atoms with Gasteiger partial charge in [-0.25, -0.2) is 0 Å². The Kier molecular flexibility index (Phi) is 4.54. The summed E-state index contributed by atoms with van der Waals surface area (Å²) in [5, 5.41) is 3.47. The van der Waals surface area contributed by atoms with Gasteiger partial charge in [-0.15, -0.1) is 0 Å². The molecule has 3 heterocycles. The Balaban J connectivity index is 1.43. The van der Waals surface area contributed by atoms with Gasteiger partial charge in [0, 0.05) is 61.8 Å². The molecule has 0 radical (unpaired) electrons. The van der Waals surface area contributed by atoms with Crippen LogP contribution in [0.5, 0.6) is 0 Å². The summed E-state index contributed by atoms with van der Waals surface area (Å²) in [4.78, 5) is 10.1. The van der Waals surface area contributed by atoms with Crippen LogP contribution in [0.4, 0.5) is 5.69 Å². The molecule has 3 fully saturated rings. The Bertz CT molecular complexity index is 524. The summed E-state index contributed by atoms with van der Waals surface area (Å²) in [6, 6.07) is 5.50. The fraction of sp³-hybridized carbons (Fsp3) is 0.737. The second-order valence-corrected chi connectivity index (χ2v) is 7.54. The van der Waals surface area contributed by atoms with Crippen LogP contribution < -0.4 is 10.2 Å². The molecule has 3 aliphatic rings. The largest absolute Gasteiger partial charge is 0.369 e. The second-order valence-electron chi connectivity index (χ2n) is 7.54. The average Bonchev–Trinajstić information content (AvgIpc) is 3.28. The molecule has 2 saturated heterocycles. The van der Waals surface area contributed by atoms with Crippen molar-refractivity contribution < 1.29 is 0 Å². The van der Waals surface area contributed by atoms with Crippen LogP contribution in [-0.2, 0) is 0 Å². The normalized spacial score (nSPS) is 27.0. The van der Waals surface area contributed by atoms with E-state index in [1.807, 2.05) is 0 Å². The molecule has 126 valence electrons. The minimum Gasteiger partial charge on any atom is -0.369 e. The Morgan fingerprint density at radius 1 is 1.04 bits per heavy atom. The molecule has 1 aromatic rings. The molecule has 4 heteroatoms. The van der Waals surface area contributed by atoms with Crippen molar-refractivity contribution in [1.29, 1.82) is 0 Å². The molecule has 1 atom stereocenters. The molecule has 0 bridgehead atoms. The summed E-state index contributed by atoms with van der Waals surface area (Å²) in [6.45, 7) is 9.16. The fourth-order valence-electron chi connectivity index (χ4n) is 4.59. The highest BCUT2D eigenvalue weighted by molar-refractivity contribution is 5.49. The molecule has 0 unspecified atom stereocenters. The van der Waals surface area contributed by atoms with Gasteiger partial charge in [-0.1, -0.05) is 12.8 Å². The number of aryl methyl sites for hydroxylation is 1. The number of nitrogens with one attached hydrogen (secondary N) is 1. The van der Waals surface area contributed by atoms with Crippen LogP contribution in [-0.4, -0.2) is 55.2 Å². The lowest BCUT2D eigenvalue weighted by molar-refractivity contribution is 0.187. The molecular formula is C19H30N4. The lowest BCUT2D eigenvalue weighted by Gasteiger charge is -2.39. The molecule has 0 aromatic carbocycles. The quantitative estimate of drug-likeness (QED) is 0.929. The summed E-state index contributed by atoms with van der Waals surface area (Å²) in [5.74, 6) is 0.605. The van der Waals surface area contributed by atoms with Gasteiger partial charge in [-0.05, 0) is 44.9 Å². The Morgan fingerprint density at radius 3 is 2.52 bits per heavy atom. The topological polar surface area (TPSA) is 31.4 Å². The van der Waals surface area contributed by atoms with Crippen molar-refractivity contribution in [3.05, 3.63) is 23.5 Å². The molecule has 1 aliphatic carbocycles. The predicted octanol–water partition coefficient (Wildman–Crippen LogP) is 2.53. The smallest absolute Gasteiger partial charge is 0.0471 e. The van der Waals surface area contributed by atoms with Gasteiger partial charge in [0.25, 0.3) is 0 Å². The molecule has 2 aliphatic heterocycles. The van der Waals surface area contributed by atoms with Crippen LogP contribution in [0.1, 0.15) is 49.4 Å². The van der Waals surface area contributed by atoms with Gasteiger partial charge >= 0.3 is 0 Å². The number of aromatic nitrogens is 1. The molecular weight excluding hydrogens is 284 g/mol. The number of hydrogen-bond acceptors (Lipinski definition) is 4. The van der Waals surface area contributed by atoms with Gasteiger partial charge < -0.3 is 10.2 Å². The van der Waals surface area contributed by atoms with Crippen LogP contribution in [0.25, 0.3) is 0 Å². The third kappa shape index (κ3) is 3.38. The zero-order valence-corrected chi connectivity index (χ0v) is 14.4. The third-order valence-corrected chi connectivity index (χ3v) is 5.96. The van der Waals surface area contributed by atoms with Crippen LogP contribution in [0.15, 0.2) is 12.1 Å². The van der Waals surface area contributed by atoms with Crippen molar-refractivity contribution in [3.8, 4) is 0 Å². The van der Waals surface area contributed by atoms with Gasteiger partial charge in [0.15, 0.2) is 0 Å². The number of rotatable bonds is 3. The number of piperazine rings is 1. The Labute approximate surface area is 140 Å².